The second-order valence-electron chi connectivity index (χ2n) is 8.03. The van der Waals surface area contributed by atoms with E-state index in [0.717, 1.165) is 29.9 Å². The van der Waals surface area contributed by atoms with Crippen molar-refractivity contribution in [3.8, 4) is 11.5 Å². The molecule has 1 aliphatic heterocycles. The number of benzene rings is 2. The summed E-state index contributed by atoms with van der Waals surface area (Å²) in [5, 5.41) is 15.7. The Morgan fingerprint density at radius 1 is 1.06 bits per heavy atom. The molecule has 2 unspecified atom stereocenters. The quantitative estimate of drug-likeness (QED) is 0.270. The van der Waals surface area contributed by atoms with E-state index in [-0.39, 0.29) is 12.3 Å². The number of anilines is 1. The molecular weight excluding hydrogens is 402 g/mol. The van der Waals surface area contributed by atoms with E-state index in [0.29, 0.717) is 29.2 Å². The Hall–Kier alpha value is -3.55. The van der Waals surface area contributed by atoms with Gasteiger partial charge in [0.25, 0.3) is 0 Å². The summed E-state index contributed by atoms with van der Waals surface area (Å²) in [6.07, 6.45) is 7.23. The fraction of sp³-hybridized carbons (Fsp3) is 0.240. The molecule has 5 rings (SSSR count). The van der Waals surface area contributed by atoms with Crippen LogP contribution in [0.15, 0.2) is 79.8 Å². The molecule has 2 aliphatic rings. The fourth-order valence-electron chi connectivity index (χ4n) is 3.83. The van der Waals surface area contributed by atoms with Crippen molar-refractivity contribution in [1.29, 1.82) is 5.41 Å². The van der Waals surface area contributed by atoms with E-state index < -0.39 is 0 Å². The molecule has 7 nitrogen and oxygen atoms in total. The number of hydrogen-bond donors (Lipinski definition) is 3. The number of epoxide rings is 1. The number of ether oxygens (including phenoxy) is 2. The van der Waals surface area contributed by atoms with Crippen LogP contribution >= 0.6 is 0 Å². The third-order valence-corrected chi connectivity index (χ3v) is 5.74. The largest absolute Gasteiger partial charge is 0.457 e. The minimum absolute atomic E-state index is 0.107. The van der Waals surface area contributed by atoms with E-state index in [1.165, 1.54) is 6.33 Å². The van der Waals surface area contributed by atoms with E-state index in [1.54, 1.807) is 6.20 Å². The van der Waals surface area contributed by atoms with Crippen molar-refractivity contribution in [2.75, 3.05) is 5.32 Å². The molecule has 0 spiro atoms. The van der Waals surface area contributed by atoms with Crippen molar-refractivity contribution in [2.45, 2.75) is 37.3 Å². The zero-order valence-electron chi connectivity index (χ0n) is 17.6. The van der Waals surface area contributed by atoms with Crippen molar-refractivity contribution in [2.24, 2.45) is 0 Å². The summed E-state index contributed by atoms with van der Waals surface area (Å²) in [5.41, 5.74) is 1.82. The second kappa shape index (κ2) is 8.90. The van der Waals surface area contributed by atoms with Crippen LogP contribution in [0.1, 0.15) is 24.0 Å². The SMILES string of the molecule is C=CC1OC1NC1CC(Nc2ncncc2C(=N)c2ccc(Oc3ccccc3)cc2)C1. The van der Waals surface area contributed by atoms with E-state index in [2.05, 4.69) is 27.2 Å². The molecule has 162 valence electrons. The lowest BCUT2D eigenvalue weighted by Gasteiger charge is -2.36. The Morgan fingerprint density at radius 3 is 2.53 bits per heavy atom. The summed E-state index contributed by atoms with van der Waals surface area (Å²) < 4.78 is 11.3. The normalized spacial score (nSPS) is 23.6. The second-order valence-corrected chi connectivity index (χ2v) is 8.03. The molecular formula is C25H25N5O2. The standard InChI is InChI=1S/C25H25N5O2/c1-2-22-25(32-22)30-18-12-17(13-18)29-24-21(14-27-15-28-24)23(26)16-8-10-20(11-9-16)31-19-6-4-3-5-7-19/h2-11,14-15,17-18,22,25-26,30H,1,12-13H2,(H,27,28,29). The van der Waals surface area contributed by atoms with E-state index in [4.69, 9.17) is 14.9 Å². The zero-order valence-corrected chi connectivity index (χ0v) is 17.6. The monoisotopic (exact) mass is 427 g/mol. The van der Waals surface area contributed by atoms with Crippen molar-refractivity contribution in [1.82, 2.24) is 15.3 Å². The predicted molar refractivity (Wildman–Crippen MR) is 123 cm³/mol. The molecule has 1 aliphatic carbocycles. The average molecular weight is 428 g/mol. The van der Waals surface area contributed by atoms with E-state index >= 15 is 0 Å². The number of rotatable bonds is 9. The van der Waals surface area contributed by atoms with Gasteiger partial charge in [0.2, 0.25) is 0 Å². The summed E-state index contributed by atoms with van der Waals surface area (Å²) in [7, 11) is 0. The molecule has 2 fully saturated rings. The van der Waals surface area contributed by atoms with Crippen LogP contribution in [-0.2, 0) is 4.74 Å². The zero-order chi connectivity index (χ0) is 21.9. The molecule has 0 radical (unpaired) electrons. The topological polar surface area (TPSA) is 95.5 Å². The van der Waals surface area contributed by atoms with Crippen LogP contribution in [0, 0.1) is 5.41 Å². The predicted octanol–water partition coefficient (Wildman–Crippen LogP) is 4.13. The van der Waals surface area contributed by atoms with Gasteiger partial charge in [-0.3, -0.25) is 10.7 Å². The van der Waals surface area contributed by atoms with Crippen molar-refractivity contribution in [3.63, 3.8) is 0 Å². The number of para-hydroxylation sites is 1. The third kappa shape index (κ3) is 4.54. The first-order valence-corrected chi connectivity index (χ1v) is 10.7. The molecule has 32 heavy (non-hydrogen) atoms. The van der Waals surface area contributed by atoms with Gasteiger partial charge >= 0.3 is 0 Å². The molecule has 7 heteroatoms. The molecule has 1 saturated heterocycles. The van der Waals surface area contributed by atoms with Gasteiger partial charge in [-0.1, -0.05) is 24.3 Å². The lowest BCUT2D eigenvalue weighted by molar-refractivity contribution is 0.257. The molecule has 1 aromatic heterocycles. The summed E-state index contributed by atoms with van der Waals surface area (Å²) in [4.78, 5) is 8.54. The van der Waals surface area contributed by atoms with Gasteiger partial charge in [0.1, 0.15) is 36.0 Å². The van der Waals surface area contributed by atoms with Gasteiger partial charge in [-0.25, -0.2) is 9.97 Å². The molecule has 2 heterocycles. The summed E-state index contributed by atoms with van der Waals surface area (Å²) in [5.74, 6) is 2.19. The molecule has 3 N–H and O–H groups in total. The Bertz CT molecular complexity index is 1100. The van der Waals surface area contributed by atoms with Crippen LogP contribution in [0.2, 0.25) is 0 Å². The van der Waals surface area contributed by atoms with Crippen molar-refractivity contribution < 1.29 is 9.47 Å². The maximum Gasteiger partial charge on any atom is 0.139 e. The van der Waals surface area contributed by atoms with Gasteiger partial charge in [0, 0.05) is 23.8 Å². The first kappa shape index (κ1) is 20.4. The van der Waals surface area contributed by atoms with Gasteiger partial charge in [-0.2, -0.15) is 0 Å². The number of hydrogen-bond acceptors (Lipinski definition) is 7. The molecule has 3 aromatic rings. The molecule has 2 aromatic carbocycles. The molecule has 0 amide bonds. The lowest BCUT2D eigenvalue weighted by atomic mass is 9.86. The van der Waals surface area contributed by atoms with Gasteiger partial charge in [0.05, 0.1) is 11.3 Å². The van der Waals surface area contributed by atoms with Gasteiger partial charge in [-0.05, 0) is 49.2 Å². The third-order valence-electron chi connectivity index (χ3n) is 5.74. The Kier molecular flexibility index (Phi) is 5.66. The lowest BCUT2D eigenvalue weighted by Crippen LogP contribution is -2.49. The Morgan fingerprint density at radius 2 is 1.81 bits per heavy atom. The smallest absolute Gasteiger partial charge is 0.139 e. The fourth-order valence-corrected chi connectivity index (χ4v) is 3.83. The van der Waals surface area contributed by atoms with Crippen LogP contribution in [0.4, 0.5) is 5.82 Å². The summed E-state index contributed by atoms with van der Waals surface area (Å²) in [6.45, 7) is 3.75. The number of aromatic nitrogens is 2. The molecule has 2 atom stereocenters. The van der Waals surface area contributed by atoms with E-state index in [9.17, 15) is 0 Å². The average Bonchev–Trinajstić information content (AvgIpc) is 3.57. The Labute approximate surface area is 187 Å². The Balaban J connectivity index is 1.21. The van der Waals surface area contributed by atoms with Crippen LogP contribution in [0.25, 0.3) is 0 Å². The number of nitrogens with zero attached hydrogens (tertiary/aromatic N) is 2. The maximum absolute atomic E-state index is 8.71. The van der Waals surface area contributed by atoms with Crippen LogP contribution < -0.4 is 15.4 Å². The first-order valence-electron chi connectivity index (χ1n) is 10.7. The van der Waals surface area contributed by atoms with Crippen molar-refractivity contribution in [3.05, 3.63) is 90.9 Å². The summed E-state index contributed by atoms with van der Waals surface area (Å²) in [6, 6.07) is 17.8. The van der Waals surface area contributed by atoms with Crippen LogP contribution in [-0.4, -0.2) is 40.1 Å². The highest BCUT2D eigenvalue weighted by molar-refractivity contribution is 6.13. The highest BCUT2D eigenvalue weighted by Crippen LogP contribution is 2.30. The van der Waals surface area contributed by atoms with Crippen molar-refractivity contribution >= 4 is 11.5 Å². The highest BCUT2D eigenvalue weighted by atomic mass is 16.6. The minimum atomic E-state index is 0.107. The molecule has 1 saturated carbocycles. The first-order chi connectivity index (χ1) is 15.7. The van der Waals surface area contributed by atoms with Gasteiger partial charge in [-0.15, -0.1) is 6.58 Å². The minimum Gasteiger partial charge on any atom is -0.457 e. The van der Waals surface area contributed by atoms with Gasteiger partial charge < -0.3 is 14.8 Å². The maximum atomic E-state index is 8.71. The summed E-state index contributed by atoms with van der Waals surface area (Å²) >= 11 is 0. The number of nitrogens with one attached hydrogen (secondary N) is 3. The van der Waals surface area contributed by atoms with Crippen LogP contribution in [0.5, 0.6) is 11.5 Å². The molecule has 0 bridgehead atoms. The van der Waals surface area contributed by atoms with Gasteiger partial charge in [0.15, 0.2) is 0 Å². The van der Waals surface area contributed by atoms with E-state index in [1.807, 2.05) is 60.7 Å². The van der Waals surface area contributed by atoms with Crippen LogP contribution in [0.3, 0.4) is 0 Å². The highest BCUT2D eigenvalue weighted by Gasteiger charge is 2.41.